The maximum Gasteiger partial charge on any atom is 0.247 e. The number of carbonyl (C=O) groups excluding carboxylic acids is 2. The first-order chi connectivity index (χ1) is 9.63. The van der Waals surface area contributed by atoms with Crippen LogP contribution in [0.3, 0.4) is 0 Å². The van der Waals surface area contributed by atoms with E-state index in [1.807, 2.05) is 31.2 Å². The van der Waals surface area contributed by atoms with Crippen LogP contribution in [0.15, 0.2) is 61.2 Å². The van der Waals surface area contributed by atoms with E-state index in [2.05, 4.69) is 11.9 Å². The first-order valence-corrected chi connectivity index (χ1v) is 6.26. The van der Waals surface area contributed by atoms with Gasteiger partial charge in [0.15, 0.2) is 5.78 Å². The van der Waals surface area contributed by atoms with Crippen LogP contribution in [0, 0.1) is 6.92 Å². The molecule has 3 nitrogen and oxygen atoms in total. The van der Waals surface area contributed by atoms with E-state index in [0.29, 0.717) is 16.8 Å². The van der Waals surface area contributed by atoms with Crippen molar-refractivity contribution in [2.45, 2.75) is 6.92 Å². The van der Waals surface area contributed by atoms with Gasteiger partial charge in [0.05, 0.1) is 5.69 Å². The Kier molecular flexibility index (Phi) is 4.11. The van der Waals surface area contributed by atoms with Crippen molar-refractivity contribution in [3.63, 3.8) is 0 Å². The number of nitrogens with one attached hydrogen (secondary N) is 1. The second-order valence-corrected chi connectivity index (χ2v) is 4.39. The Morgan fingerprint density at radius 2 is 1.75 bits per heavy atom. The van der Waals surface area contributed by atoms with Crippen molar-refractivity contribution >= 4 is 17.4 Å². The van der Waals surface area contributed by atoms with Crippen LogP contribution in [-0.4, -0.2) is 11.7 Å². The van der Waals surface area contributed by atoms with Crippen LogP contribution in [0.4, 0.5) is 5.69 Å². The smallest absolute Gasteiger partial charge is 0.247 e. The molecule has 1 amide bonds. The van der Waals surface area contributed by atoms with Gasteiger partial charge < -0.3 is 5.32 Å². The summed E-state index contributed by atoms with van der Waals surface area (Å²) in [5.74, 6) is -0.444. The number of anilines is 1. The Labute approximate surface area is 117 Å². The first kappa shape index (κ1) is 13.7. The molecule has 0 aliphatic heterocycles. The summed E-state index contributed by atoms with van der Waals surface area (Å²) in [4.78, 5) is 24.0. The topological polar surface area (TPSA) is 46.2 Å². The van der Waals surface area contributed by atoms with Gasteiger partial charge in [-0.2, -0.15) is 0 Å². The van der Waals surface area contributed by atoms with Crippen molar-refractivity contribution in [1.82, 2.24) is 0 Å². The van der Waals surface area contributed by atoms with Gasteiger partial charge in [0.1, 0.15) is 0 Å². The minimum absolute atomic E-state index is 0.108. The predicted molar refractivity (Wildman–Crippen MR) is 79.9 cm³/mol. The van der Waals surface area contributed by atoms with Crippen molar-refractivity contribution in [3.05, 3.63) is 77.9 Å². The molecule has 0 aliphatic rings. The second kappa shape index (κ2) is 5.97. The maximum absolute atomic E-state index is 12.6. The fourth-order valence-electron chi connectivity index (χ4n) is 1.99. The van der Waals surface area contributed by atoms with E-state index in [-0.39, 0.29) is 11.7 Å². The van der Waals surface area contributed by atoms with E-state index < -0.39 is 0 Å². The lowest BCUT2D eigenvalue weighted by Crippen LogP contribution is -2.13. The van der Waals surface area contributed by atoms with E-state index in [1.54, 1.807) is 24.3 Å². The SMILES string of the molecule is C=CC(=O)Nc1cccc(C)c1C(=O)c1ccccc1. The zero-order valence-electron chi connectivity index (χ0n) is 11.2. The first-order valence-electron chi connectivity index (χ1n) is 6.26. The van der Waals surface area contributed by atoms with Crippen LogP contribution >= 0.6 is 0 Å². The number of benzene rings is 2. The van der Waals surface area contributed by atoms with E-state index in [1.165, 1.54) is 6.08 Å². The lowest BCUT2D eigenvalue weighted by molar-refractivity contribution is -0.111. The lowest BCUT2D eigenvalue weighted by Gasteiger charge is -2.12. The molecule has 0 saturated carbocycles. The molecule has 0 atom stereocenters. The number of hydrogen-bond acceptors (Lipinski definition) is 2. The highest BCUT2D eigenvalue weighted by Crippen LogP contribution is 2.23. The zero-order chi connectivity index (χ0) is 14.5. The third-order valence-electron chi connectivity index (χ3n) is 2.98. The van der Waals surface area contributed by atoms with E-state index in [4.69, 9.17) is 0 Å². The molecular weight excluding hydrogens is 250 g/mol. The van der Waals surface area contributed by atoms with Gasteiger partial charge in [-0.25, -0.2) is 0 Å². The van der Waals surface area contributed by atoms with Gasteiger partial charge in [0.2, 0.25) is 5.91 Å². The molecule has 2 aromatic rings. The van der Waals surface area contributed by atoms with Gasteiger partial charge in [-0.15, -0.1) is 0 Å². The van der Waals surface area contributed by atoms with Crippen molar-refractivity contribution in [1.29, 1.82) is 0 Å². The van der Waals surface area contributed by atoms with Gasteiger partial charge in [-0.1, -0.05) is 49.0 Å². The number of rotatable bonds is 4. The fourth-order valence-corrected chi connectivity index (χ4v) is 1.99. The van der Waals surface area contributed by atoms with Gasteiger partial charge in [0.25, 0.3) is 0 Å². The highest BCUT2D eigenvalue weighted by atomic mass is 16.1. The standard InChI is InChI=1S/C17H15NO2/c1-3-15(19)18-14-11-7-8-12(2)16(14)17(20)13-9-5-4-6-10-13/h3-11H,1H2,2H3,(H,18,19). The van der Waals surface area contributed by atoms with Crippen molar-refractivity contribution in [3.8, 4) is 0 Å². The van der Waals surface area contributed by atoms with E-state index in [0.717, 1.165) is 5.56 Å². The minimum atomic E-state index is -0.335. The maximum atomic E-state index is 12.6. The molecule has 100 valence electrons. The molecule has 0 spiro atoms. The van der Waals surface area contributed by atoms with Gasteiger partial charge >= 0.3 is 0 Å². The van der Waals surface area contributed by atoms with Crippen molar-refractivity contribution < 1.29 is 9.59 Å². The average Bonchev–Trinajstić information content (AvgIpc) is 2.47. The summed E-state index contributed by atoms with van der Waals surface area (Å²) < 4.78 is 0. The zero-order valence-corrected chi connectivity index (χ0v) is 11.2. The summed E-state index contributed by atoms with van der Waals surface area (Å²) in [5, 5.41) is 2.67. The van der Waals surface area contributed by atoms with E-state index in [9.17, 15) is 9.59 Å². The number of ketones is 1. The van der Waals surface area contributed by atoms with Crippen LogP contribution in [0.25, 0.3) is 0 Å². The second-order valence-electron chi connectivity index (χ2n) is 4.39. The molecule has 0 aromatic heterocycles. The number of aryl methyl sites for hydroxylation is 1. The van der Waals surface area contributed by atoms with Crippen molar-refractivity contribution in [2.75, 3.05) is 5.32 Å². The Bertz CT molecular complexity index is 660. The number of carbonyl (C=O) groups is 2. The third kappa shape index (κ3) is 2.83. The Morgan fingerprint density at radius 3 is 2.40 bits per heavy atom. The highest BCUT2D eigenvalue weighted by molar-refractivity contribution is 6.15. The van der Waals surface area contributed by atoms with Gasteiger partial charge in [0, 0.05) is 11.1 Å². The molecule has 0 fully saturated rings. The normalized spacial score (nSPS) is 9.85. The van der Waals surface area contributed by atoms with Crippen LogP contribution in [0.5, 0.6) is 0 Å². The predicted octanol–water partition coefficient (Wildman–Crippen LogP) is 3.35. The number of amides is 1. The molecule has 0 bridgehead atoms. The Morgan fingerprint density at radius 1 is 1.05 bits per heavy atom. The summed E-state index contributed by atoms with van der Waals surface area (Å²) in [5.41, 5.74) is 2.43. The van der Waals surface area contributed by atoms with Crippen LogP contribution in [0.1, 0.15) is 21.5 Å². The van der Waals surface area contributed by atoms with Gasteiger partial charge in [-0.05, 0) is 24.6 Å². The molecule has 0 unspecified atom stereocenters. The summed E-state index contributed by atoms with van der Waals surface area (Å²) in [6.45, 7) is 5.26. The van der Waals surface area contributed by atoms with Crippen molar-refractivity contribution in [2.24, 2.45) is 0 Å². The molecule has 20 heavy (non-hydrogen) atoms. The summed E-state index contributed by atoms with van der Waals surface area (Å²) in [6, 6.07) is 14.4. The molecule has 2 aromatic carbocycles. The average molecular weight is 265 g/mol. The molecule has 2 rings (SSSR count). The monoisotopic (exact) mass is 265 g/mol. The molecular formula is C17H15NO2. The highest BCUT2D eigenvalue weighted by Gasteiger charge is 2.16. The fraction of sp³-hybridized carbons (Fsp3) is 0.0588. The summed E-state index contributed by atoms with van der Waals surface area (Å²) >= 11 is 0. The molecule has 0 heterocycles. The largest absolute Gasteiger partial charge is 0.322 e. The third-order valence-corrected chi connectivity index (χ3v) is 2.98. The summed E-state index contributed by atoms with van der Waals surface area (Å²) in [7, 11) is 0. The van der Waals surface area contributed by atoms with Crippen LogP contribution in [-0.2, 0) is 4.79 Å². The molecule has 0 radical (unpaired) electrons. The Balaban J connectivity index is 2.47. The lowest BCUT2D eigenvalue weighted by atomic mass is 9.97. The molecule has 0 saturated heterocycles. The minimum Gasteiger partial charge on any atom is -0.322 e. The van der Waals surface area contributed by atoms with Gasteiger partial charge in [-0.3, -0.25) is 9.59 Å². The van der Waals surface area contributed by atoms with Crippen LogP contribution in [0.2, 0.25) is 0 Å². The quantitative estimate of drug-likeness (QED) is 0.680. The Hall–Kier alpha value is -2.68. The van der Waals surface area contributed by atoms with E-state index >= 15 is 0 Å². The molecule has 3 heteroatoms. The molecule has 1 N–H and O–H groups in total. The number of hydrogen-bond donors (Lipinski definition) is 1. The summed E-state index contributed by atoms with van der Waals surface area (Å²) in [6.07, 6.45) is 1.18. The molecule has 0 aliphatic carbocycles. The van der Waals surface area contributed by atoms with Crippen LogP contribution < -0.4 is 5.32 Å².